The van der Waals surface area contributed by atoms with Crippen molar-refractivity contribution >= 4 is 29.6 Å². The van der Waals surface area contributed by atoms with Crippen LogP contribution in [0.3, 0.4) is 0 Å². The van der Waals surface area contributed by atoms with E-state index in [1.807, 2.05) is 0 Å². The van der Waals surface area contributed by atoms with Gasteiger partial charge in [0.25, 0.3) is 0 Å². The summed E-state index contributed by atoms with van der Waals surface area (Å²) in [5, 5.41) is 15.7. The van der Waals surface area contributed by atoms with Crippen molar-refractivity contribution in [1.29, 1.82) is 0 Å². The summed E-state index contributed by atoms with van der Waals surface area (Å²) in [6.07, 6.45) is -1.77. The molecule has 31 heavy (non-hydrogen) atoms. The van der Waals surface area contributed by atoms with Crippen LogP contribution >= 0.6 is 0 Å². The van der Waals surface area contributed by atoms with Crippen molar-refractivity contribution in [3.8, 4) is 0 Å². The van der Waals surface area contributed by atoms with E-state index < -0.39 is 48.8 Å². The zero-order chi connectivity index (χ0) is 23.4. The molecule has 1 aromatic carbocycles. The molecule has 11 heteroatoms. The van der Waals surface area contributed by atoms with Crippen LogP contribution in [-0.2, 0) is 38.1 Å². The summed E-state index contributed by atoms with van der Waals surface area (Å²) in [6.45, 7) is 3.98. The van der Waals surface area contributed by atoms with Crippen molar-refractivity contribution in [1.82, 2.24) is 0 Å². The number of ether oxygens (including phenoxy) is 4. The summed E-state index contributed by atoms with van der Waals surface area (Å²) in [6, 6.07) is 8.09. The molecule has 0 aliphatic carbocycles. The number of hydrogen-bond acceptors (Lipinski definition) is 10. The van der Waals surface area contributed by atoms with Gasteiger partial charge in [0.2, 0.25) is 5.69 Å². The number of carbonyl (C=O) groups excluding carboxylic acids is 4. The predicted octanol–water partition coefficient (Wildman–Crippen LogP) is 2.15. The molecule has 0 amide bonds. The predicted molar refractivity (Wildman–Crippen MR) is 105 cm³/mol. The Morgan fingerprint density at radius 3 is 2.03 bits per heavy atom. The van der Waals surface area contributed by atoms with Gasteiger partial charge in [-0.1, -0.05) is 23.1 Å². The molecule has 0 saturated heterocycles. The Kier molecular flexibility index (Phi) is 10.4. The van der Waals surface area contributed by atoms with E-state index in [1.165, 1.54) is 18.2 Å². The third kappa shape index (κ3) is 10.0. The first kappa shape index (κ1) is 25.3. The molecule has 0 N–H and O–H groups in total. The van der Waals surface area contributed by atoms with Crippen molar-refractivity contribution in [2.75, 3.05) is 6.61 Å². The van der Waals surface area contributed by atoms with Crippen molar-refractivity contribution in [3.05, 3.63) is 47.8 Å². The molecule has 0 heterocycles. The molecular formula is C20H24N2O9. The van der Waals surface area contributed by atoms with E-state index >= 15 is 0 Å². The van der Waals surface area contributed by atoms with E-state index in [4.69, 9.17) is 18.9 Å². The third-order valence-corrected chi connectivity index (χ3v) is 3.49. The van der Waals surface area contributed by atoms with Gasteiger partial charge in [-0.25, -0.2) is 0 Å². The molecule has 1 aromatic rings. The lowest BCUT2D eigenvalue weighted by molar-refractivity contribution is -0.436. The van der Waals surface area contributed by atoms with Crippen LogP contribution < -0.4 is 0 Å². The Bertz CT molecular complexity index is 836. The van der Waals surface area contributed by atoms with Gasteiger partial charge in [-0.15, -0.1) is 0 Å². The maximum atomic E-state index is 12.0. The summed E-state index contributed by atoms with van der Waals surface area (Å²) in [4.78, 5) is 46.2. The number of carbonyl (C=O) groups is 4. The standard InChI is InChI=1S/C20H24N2O9/c1-13(23)28-12-19(30-15(3)25)20(31-16(4)26)18(29-14(2)24)10-11-21-22(27)17-8-6-5-7-9-17/h5-11,18-20H,12H2,1-4H3/b11-10+,22-21?/t18-,19-,20-/m1/s1. The molecule has 0 radical (unpaired) electrons. The minimum absolute atomic E-state index is 0.250. The fourth-order valence-electron chi connectivity index (χ4n) is 2.37. The fourth-order valence-corrected chi connectivity index (χ4v) is 2.37. The molecule has 0 aliphatic rings. The number of rotatable bonds is 10. The molecule has 11 nitrogen and oxygen atoms in total. The Labute approximate surface area is 178 Å². The number of hydrogen-bond donors (Lipinski definition) is 0. The largest absolute Gasteiger partial charge is 0.594 e. The van der Waals surface area contributed by atoms with Crippen molar-refractivity contribution in [3.63, 3.8) is 0 Å². The Hall–Kier alpha value is -3.76. The first-order chi connectivity index (χ1) is 14.6. The smallest absolute Gasteiger partial charge is 0.303 e. The minimum atomic E-state index is -1.38. The summed E-state index contributed by atoms with van der Waals surface area (Å²) in [5.74, 6) is -2.94. The summed E-state index contributed by atoms with van der Waals surface area (Å²) in [5.41, 5.74) is 0.250. The van der Waals surface area contributed by atoms with Crippen LogP contribution in [0.2, 0.25) is 0 Å². The highest BCUT2D eigenvalue weighted by Gasteiger charge is 2.36. The lowest BCUT2D eigenvalue weighted by Gasteiger charge is -2.30. The zero-order valence-corrected chi connectivity index (χ0v) is 17.5. The van der Waals surface area contributed by atoms with E-state index in [1.54, 1.807) is 18.2 Å². The Morgan fingerprint density at radius 1 is 0.935 bits per heavy atom. The first-order valence-corrected chi connectivity index (χ1v) is 9.15. The molecule has 3 atom stereocenters. The number of para-hydroxylation sites is 1. The van der Waals surface area contributed by atoms with E-state index in [2.05, 4.69) is 5.11 Å². The molecular weight excluding hydrogens is 412 g/mol. The molecule has 0 aliphatic heterocycles. The van der Waals surface area contributed by atoms with Gasteiger partial charge >= 0.3 is 23.9 Å². The van der Waals surface area contributed by atoms with Crippen LogP contribution in [-0.4, -0.2) is 53.7 Å². The summed E-state index contributed by atoms with van der Waals surface area (Å²) in [7, 11) is 0. The highest BCUT2D eigenvalue weighted by molar-refractivity contribution is 5.69. The van der Waals surface area contributed by atoms with Gasteiger partial charge < -0.3 is 24.2 Å². The van der Waals surface area contributed by atoms with Gasteiger partial charge in [0, 0.05) is 44.9 Å². The van der Waals surface area contributed by atoms with E-state index in [0.717, 1.165) is 33.9 Å². The van der Waals surface area contributed by atoms with Crippen LogP contribution in [0, 0.1) is 5.21 Å². The van der Waals surface area contributed by atoms with Crippen molar-refractivity contribution in [2.45, 2.75) is 46.0 Å². The highest BCUT2D eigenvalue weighted by Crippen LogP contribution is 2.17. The molecule has 0 fully saturated rings. The van der Waals surface area contributed by atoms with Gasteiger partial charge in [-0.05, 0) is 6.08 Å². The maximum absolute atomic E-state index is 12.0. The lowest BCUT2D eigenvalue weighted by atomic mass is 10.1. The quantitative estimate of drug-likeness (QED) is 0.177. The second-order valence-corrected chi connectivity index (χ2v) is 6.16. The SMILES string of the molecule is CC(=O)OC[C@@H](OC(C)=O)[C@H](OC(C)=O)[C@@H](/C=C/N=[N+]([O-])c1ccccc1)OC(C)=O. The molecule has 0 unspecified atom stereocenters. The second-order valence-electron chi connectivity index (χ2n) is 6.16. The normalized spacial score (nSPS) is 14.3. The summed E-state index contributed by atoms with van der Waals surface area (Å²) < 4.78 is 20.3. The fraction of sp³-hybridized carbons (Fsp3) is 0.400. The average Bonchev–Trinajstić information content (AvgIpc) is 2.68. The van der Waals surface area contributed by atoms with Gasteiger partial charge in [0.15, 0.2) is 18.3 Å². The van der Waals surface area contributed by atoms with Crippen molar-refractivity contribution < 1.29 is 43.0 Å². The highest BCUT2D eigenvalue weighted by atomic mass is 16.6. The van der Waals surface area contributed by atoms with Crippen LogP contribution in [0.15, 0.2) is 47.7 Å². The molecule has 1 rings (SSSR count). The molecule has 0 saturated carbocycles. The van der Waals surface area contributed by atoms with E-state index in [-0.39, 0.29) is 5.69 Å². The van der Waals surface area contributed by atoms with Gasteiger partial charge in [-0.2, -0.15) is 0 Å². The number of benzene rings is 1. The first-order valence-electron chi connectivity index (χ1n) is 9.15. The second kappa shape index (κ2) is 12.7. The molecule has 168 valence electrons. The van der Waals surface area contributed by atoms with E-state index in [0.29, 0.717) is 4.86 Å². The van der Waals surface area contributed by atoms with Crippen LogP contribution in [0.25, 0.3) is 0 Å². The maximum Gasteiger partial charge on any atom is 0.303 e. The van der Waals surface area contributed by atoms with Gasteiger partial charge in [0.1, 0.15) is 6.61 Å². The molecule has 0 spiro atoms. The number of nitrogens with zero attached hydrogens (tertiary/aromatic N) is 2. The molecule has 0 bridgehead atoms. The monoisotopic (exact) mass is 436 g/mol. The van der Waals surface area contributed by atoms with Crippen LogP contribution in [0.5, 0.6) is 0 Å². The van der Waals surface area contributed by atoms with Gasteiger partial charge in [0.05, 0.1) is 6.20 Å². The molecule has 0 aromatic heterocycles. The lowest BCUT2D eigenvalue weighted by Crippen LogP contribution is -2.46. The third-order valence-electron chi connectivity index (χ3n) is 3.49. The topological polar surface area (TPSA) is 144 Å². The number of azo groups is 1. The van der Waals surface area contributed by atoms with E-state index in [9.17, 15) is 24.4 Å². The zero-order valence-electron chi connectivity index (χ0n) is 17.5. The number of esters is 4. The van der Waals surface area contributed by atoms with Gasteiger partial charge in [-0.3, -0.25) is 19.2 Å². The van der Waals surface area contributed by atoms with Crippen molar-refractivity contribution in [2.24, 2.45) is 5.11 Å². The summed E-state index contributed by atoms with van der Waals surface area (Å²) >= 11 is 0. The van der Waals surface area contributed by atoms with Crippen LogP contribution in [0.1, 0.15) is 27.7 Å². The minimum Gasteiger partial charge on any atom is -0.594 e. The Morgan fingerprint density at radius 2 is 1.52 bits per heavy atom. The average molecular weight is 436 g/mol. The Balaban J connectivity index is 3.23. The van der Waals surface area contributed by atoms with Crippen LogP contribution in [0.4, 0.5) is 5.69 Å².